The maximum absolute atomic E-state index is 13.5. The molecule has 6 heteroatoms. The lowest BCUT2D eigenvalue weighted by molar-refractivity contribution is -0.132. The first kappa shape index (κ1) is 27.0. The number of carbonyl (C=O) groups is 2. The third-order valence-corrected chi connectivity index (χ3v) is 6.52. The van der Waals surface area contributed by atoms with Crippen LogP contribution in [0.1, 0.15) is 63.8 Å². The Morgan fingerprint density at radius 1 is 0.895 bits per heavy atom. The molecule has 0 aromatic heterocycles. The molecule has 1 fully saturated rings. The zero-order chi connectivity index (χ0) is 27.4. The number of ketones is 1. The summed E-state index contributed by atoms with van der Waals surface area (Å²) >= 11 is 0. The van der Waals surface area contributed by atoms with Gasteiger partial charge in [-0.15, -0.1) is 0 Å². The Hall–Kier alpha value is -4.06. The van der Waals surface area contributed by atoms with Crippen LogP contribution in [0, 0.1) is 0 Å². The lowest BCUT2D eigenvalue weighted by Gasteiger charge is -2.27. The Bertz CT molecular complexity index is 1350. The average molecular weight is 514 g/mol. The third-order valence-electron chi connectivity index (χ3n) is 6.52. The molecule has 0 saturated carbocycles. The van der Waals surface area contributed by atoms with Gasteiger partial charge in [0.1, 0.15) is 17.3 Å². The maximum atomic E-state index is 13.5. The van der Waals surface area contributed by atoms with Crippen LogP contribution < -0.4 is 14.4 Å². The van der Waals surface area contributed by atoms with E-state index in [0.717, 1.165) is 17.5 Å². The van der Waals surface area contributed by atoms with Gasteiger partial charge in [0.05, 0.1) is 24.8 Å². The molecule has 0 radical (unpaired) electrons. The van der Waals surface area contributed by atoms with Crippen molar-refractivity contribution in [1.82, 2.24) is 0 Å². The Morgan fingerprint density at radius 3 is 2.18 bits per heavy atom. The van der Waals surface area contributed by atoms with E-state index in [2.05, 4.69) is 20.8 Å². The normalized spacial score (nSPS) is 17.1. The number of ether oxygens (including phenoxy) is 2. The second kappa shape index (κ2) is 11.1. The molecule has 38 heavy (non-hydrogen) atoms. The highest BCUT2D eigenvalue weighted by atomic mass is 16.5. The summed E-state index contributed by atoms with van der Waals surface area (Å²) < 4.78 is 11.4. The number of nitrogens with zero attached hydrogens (tertiary/aromatic N) is 1. The van der Waals surface area contributed by atoms with Gasteiger partial charge in [0.25, 0.3) is 11.7 Å². The number of hydrogen-bond acceptors (Lipinski definition) is 5. The number of benzene rings is 3. The third kappa shape index (κ3) is 5.44. The van der Waals surface area contributed by atoms with Crippen molar-refractivity contribution in [3.63, 3.8) is 0 Å². The van der Waals surface area contributed by atoms with E-state index in [1.165, 1.54) is 4.90 Å². The first-order valence-corrected chi connectivity index (χ1v) is 13.0. The van der Waals surface area contributed by atoms with Crippen molar-refractivity contribution in [1.29, 1.82) is 0 Å². The quantitative estimate of drug-likeness (QED) is 0.204. The zero-order valence-corrected chi connectivity index (χ0v) is 22.7. The number of carbonyl (C=O) groups excluding carboxylic acids is 2. The lowest BCUT2D eigenvalue weighted by Crippen LogP contribution is -2.29. The number of hydrogen-bond donors (Lipinski definition) is 1. The molecule has 0 bridgehead atoms. The smallest absolute Gasteiger partial charge is 0.300 e. The topological polar surface area (TPSA) is 76.1 Å². The lowest BCUT2D eigenvalue weighted by atomic mass is 9.85. The van der Waals surface area contributed by atoms with Crippen LogP contribution in [0.25, 0.3) is 5.76 Å². The van der Waals surface area contributed by atoms with Gasteiger partial charge in [-0.1, -0.05) is 70.2 Å². The first-order chi connectivity index (χ1) is 18.2. The molecule has 1 amide bonds. The van der Waals surface area contributed by atoms with E-state index in [-0.39, 0.29) is 16.7 Å². The largest absolute Gasteiger partial charge is 0.507 e. The number of aliphatic hydroxyl groups excluding tert-OH is 1. The highest BCUT2D eigenvalue weighted by Crippen LogP contribution is 2.43. The Kier molecular flexibility index (Phi) is 7.91. The van der Waals surface area contributed by atoms with Crippen molar-refractivity contribution in [3.05, 3.63) is 95.1 Å². The molecule has 1 heterocycles. The molecule has 1 aliphatic heterocycles. The fraction of sp³-hybridized carbons (Fsp3) is 0.312. The molecule has 4 rings (SSSR count). The summed E-state index contributed by atoms with van der Waals surface area (Å²) in [6.45, 7) is 11.3. The second-order valence-electron chi connectivity index (χ2n) is 10.3. The number of aliphatic hydroxyl groups is 1. The molecule has 0 aliphatic carbocycles. The molecular weight excluding hydrogens is 478 g/mol. The number of rotatable bonds is 8. The van der Waals surface area contributed by atoms with Gasteiger partial charge in [0, 0.05) is 17.3 Å². The van der Waals surface area contributed by atoms with Crippen LogP contribution in [0.15, 0.2) is 78.4 Å². The van der Waals surface area contributed by atoms with Gasteiger partial charge in [0.2, 0.25) is 0 Å². The SMILES string of the molecule is CCCOc1cccc(N2C(=O)C(=O)/C(=C(/O)c3cccc(OCC)c3)C2c2ccc(C(C)(C)C)cc2)c1. The molecule has 1 atom stereocenters. The first-order valence-electron chi connectivity index (χ1n) is 13.0. The van der Waals surface area contributed by atoms with Gasteiger partial charge in [0.15, 0.2) is 0 Å². The fourth-order valence-corrected chi connectivity index (χ4v) is 4.58. The van der Waals surface area contributed by atoms with E-state index in [1.54, 1.807) is 42.5 Å². The number of anilines is 1. The van der Waals surface area contributed by atoms with Gasteiger partial charge < -0.3 is 14.6 Å². The molecule has 1 unspecified atom stereocenters. The van der Waals surface area contributed by atoms with Crippen LogP contribution in [-0.2, 0) is 15.0 Å². The highest BCUT2D eigenvalue weighted by Gasteiger charge is 2.47. The Balaban J connectivity index is 1.89. The zero-order valence-electron chi connectivity index (χ0n) is 22.7. The molecule has 3 aromatic carbocycles. The summed E-state index contributed by atoms with van der Waals surface area (Å²) in [4.78, 5) is 28.5. The van der Waals surface area contributed by atoms with Crippen LogP contribution >= 0.6 is 0 Å². The van der Waals surface area contributed by atoms with Gasteiger partial charge in [-0.25, -0.2) is 0 Å². The predicted molar refractivity (Wildman–Crippen MR) is 150 cm³/mol. The summed E-state index contributed by atoms with van der Waals surface area (Å²) in [5, 5.41) is 11.5. The maximum Gasteiger partial charge on any atom is 0.300 e. The number of Topliss-reactive ketones (excluding diaryl/α,β-unsaturated/α-hetero) is 1. The highest BCUT2D eigenvalue weighted by molar-refractivity contribution is 6.51. The van der Waals surface area contributed by atoms with Crippen LogP contribution in [0.3, 0.4) is 0 Å². The molecule has 198 valence electrons. The van der Waals surface area contributed by atoms with E-state index < -0.39 is 17.7 Å². The van der Waals surface area contributed by atoms with Crippen LogP contribution in [0.2, 0.25) is 0 Å². The monoisotopic (exact) mass is 513 g/mol. The van der Waals surface area contributed by atoms with Gasteiger partial charge in [-0.05, 0) is 54.2 Å². The Morgan fingerprint density at radius 2 is 1.55 bits per heavy atom. The predicted octanol–water partition coefficient (Wildman–Crippen LogP) is 6.80. The summed E-state index contributed by atoms with van der Waals surface area (Å²) in [5.74, 6) is -0.509. The fourth-order valence-electron chi connectivity index (χ4n) is 4.58. The van der Waals surface area contributed by atoms with Crippen molar-refractivity contribution in [3.8, 4) is 11.5 Å². The van der Waals surface area contributed by atoms with Gasteiger partial charge >= 0.3 is 0 Å². The van der Waals surface area contributed by atoms with E-state index in [4.69, 9.17) is 9.47 Å². The average Bonchev–Trinajstić information content (AvgIpc) is 3.17. The minimum atomic E-state index is -0.818. The van der Waals surface area contributed by atoms with E-state index >= 15 is 0 Å². The summed E-state index contributed by atoms with van der Waals surface area (Å²) in [5.41, 5.74) is 2.74. The minimum Gasteiger partial charge on any atom is -0.507 e. The van der Waals surface area contributed by atoms with E-state index in [0.29, 0.717) is 36.0 Å². The summed E-state index contributed by atoms with van der Waals surface area (Å²) in [6.07, 6.45) is 0.843. The molecule has 0 spiro atoms. The standard InChI is InChI=1S/C32H35NO5/c1-6-18-38-26-13-9-11-24(20-26)33-28(21-14-16-23(17-15-21)32(3,4)5)27(30(35)31(33)36)29(34)22-10-8-12-25(19-22)37-7-2/h8-17,19-20,28,34H,6-7,18H2,1-5H3/b29-27+. The van der Waals surface area contributed by atoms with E-state index in [1.807, 2.05) is 44.2 Å². The molecular formula is C32H35NO5. The van der Waals surface area contributed by atoms with Crippen molar-refractivity contribution >= 4 is 23.1 Å². The summed E-state index contributed by atoms with van der Waals surface area (Å²) in [6, 6.07) is 21.1. The van der Waals surface area contributed by atoms with Crippen LogP contribution in [-0.4, -0.2) is 30.0 Å². The minimum absolute atomic E-state index is 0.0343. The van der Waals surface area contributed by atoms with Gasteiger partial charge in [-0.2, -0.15) is 0 Å². The van der Waals surface area contributed by atoms with Crippen molar-refractivity contribution in [2.45, 2.75) is 52.5 Å². The molecule has 1 N–H and O–H groups in total. The Labute approximate surface area is 224 Å². The van der Waals surface area contributed by atoms with Crippen LogP contribution in [0.4, 0.5) is 5.69 Å². The number of amides is 1. The molecule has 3 aromatic rings. The van der Waals surface area contributed by atoms with Gasteiger partial charge in [-0.3, -0.25) is 14.5 Å². The van der Waals surface area contributed by atoms with Crippen LogP contribution in [0.5, 0.6) is 11.5 Å². The van der Waals surface area contributed by atoms with Crippen molar-refractivity contribution < 1.29 is 24.2 Å². The molecule has 1 saturated heterocycles. The van der Waals surface area contributed by atoms with Crippen molar-refractivity contribution in [2.75, 3.05) is 18.1 Å². The second-order valence-corrected chi connectivity index (χ2v) is 10.3. The summed E-state index contributed by atoms with van der Waals surface area (Å²) in [7, 11) is 0. The molecule has 1 aliphatic rings. The van der Waals surface area contributed by atoms with Crippen molar-refractivity contribution in [2.24, 2.45) is 0 Å². The molecule has 6 nitrogen and oxygen atoms in total. The van der Waals surface area contributed by atoms with E-state index in [9.17, 15) is 14.7 Å².